The van der Waals surface area contributed by atoms with Crippen LogP contribution in [0, 0.1) is 0 Å². The number of aromatic nitrogens is 1. The summed E-state index contributed by atoms with van der Waals surface area (Å²) < 4.78 is 5.32. The topological polar surface area (TPSA) is 54.3 Å². The molecule has 0 radical (unpaired) electrons. The SMILES string of the molecule is NCC(c1ccc[nH]1)N1CCOCC1. The van der Waals surface area contributed by atoms with Gasteiger partial charge in [-0.15, -0.1) is 0 Å². The molecule has 1 aromatic heterocycles. The lowest BCUT2D eigenvalue weighted by molar-refractivity contribution is 0.0171. The van der Waals surface area contributed by atoms with E-state index >= 15 is 0 Å². The molecule has 14 heavy (non-hydrogen) atoms. The highest BCUT2D eigenvalue weighted by atomic mass is 16.5. The van der Waals surface area contributed by atoms with Crippen LogP contribution in [0.15, 0.2) is 18.3 Å². The quantitative estimate of drug-likeness (QED) is 0.731. The highest BCUT2D eigenvalue weighted by Gasteiger charge is 2.21. The van der Waals surface area contributed by atoms with Crippen molar-refractivity contribution in [1.82, 2.24) is 9.88 Å². The molecule has 1 atom stereocenters. The van der Waals surface area contributed by atoms with Crippen LogP contribution in [0.2, 0.25) is 0 Å². The van der Waals surface area contributed by atoms with Gasteiger partial charge in [-0.1, -0.05) is 0 Å². The second kappa shape index (κ2) is 4.59. The number of rotatable bonds is 3. The Balaban J connectivity index is 2.04. The van der Waals surface area contributed by atoms with Crippen molar-refractivity contribution in [3.05, 3.63) is 24.0 Å². The van der Waals surface area contributed by atoms with Gasteiger partial charge in [-0.2, -0.15) is 0 Å². The molecule has 0 spiro atoms. The Bertz CT molecular complexity index is 254. The minimum atomic E-state index is 0.314. The third kappa shape index (κ3) is 1.97. The maximum atomic E-state index is 5.79. The molecule has 0 aliphatic carbocycles. The molecule has 1 fully saturated rings. The molecule has 0 aromatic carbocycles. The summed E-state index contributed by atoms with van der Waals surface area (Å²) in [7, 11) is 0. The minimum Gasteiger partial charge on any atom is -0.379 e. The number of morpholine rings is 1. The second-order valence-electron chi connectivity index (χ2n) is 3.53. The van der Waals surface area contributed by atoms with Crippen LogP contribution in [0.25, 0.3) is 0 Å². The summed E-state index contributed by atoms with van der Waals surface area (Å²) in [5.74, 6) is 0. The largest absolute Gasteiger partial charge is 0.379 e. The smallest absolute Gasteiger partial charge is 0.0623 e. The van der Waals surface area contributed by atoms with E-state index in [1.165, 1.54) is 5.69 Å². The fourth-order valence-corrected chi connectivity index (χ4v) is 1.91. The molecule has 4 nitrogen and oxygen atoms in total. The molecule has 78 valence electrons. The highest BCUT2D eigenvalue weighted by Crippen LogP contribution is 2.18. The molecule has 2 heterocycles. The normalized spacial score (nSPS) is 20.9. The number of nitrogens with one attached hydrogen (secondary N) is 1. The molecule has 1 aromatic rings. The first-order valence-corrected chi connectivity index (χ1v) is 5.07. The van der Waals surface area contributed by atoms with Crippen LogP contribution < -0.4 is 5.73 Å². The van der Waals surface area contributed by atoms with Gasteiger partial charge in [0, 0.05) is 31.5 Å². The number of hydrogen-bond donors (Lipinski definition) is 2. The van der Waals surface area contributed by atoms with E-state index in [0.29, 0.717) is 12.6 Å². The second-order valence-corrected chi connectivity index (χ2v) is 3.53. The predicted octanol–water partition coefficient (Wildman–Crippen LogP) is 0.347. The third-order valence-corrected chi connectivity index (χ3v) is 2.69. The first-order valence-electron chi connectivity index (χ1n) is 5.07. The zero-order chi connectivity index (χ0) is 9.80. The Hall–Kier alpha value is -0.840. The van der Waals surface area contributed by atoms with Gasteiger partial charge in [-0.3, -0.25) is 4.90 Å². The van der Waals surface area contributed by atoms with E-state index in [1.54, 1.807) is 0 Å². The number of nitrogens with two attached hydrogens (primary N) is 1. The van der Waals surface area contributed by atoms with Gasteiger partial charge in [0.25, 0.3) is 0 Å². The van der Waals surface area contributed by atoms with E-state index in [0.717, 1.165) is 26.3 Å². The van der Waals surface area contributed by atoms with Crippen LogP contribution in [0.4, 0.5) is 0 Å². The van der Waals surface area contributed by atoms with Crippen molar-refractivity contribution in [1.29, 1.82) is 0 Å². The number of hydrogen-bond acceptors (Lipinski definition) is 3. The maximum Gasteiger partial charge on any atom is 0.0623 e. The lowest BCUT2D eigenvalue weighted by atomic mass is 10.1. The van der Waals surface area contributed by atoms with Crippen molar-refractivity contribution < 1.29 is 4.74 Å². The maximum absolute atomic E-state index is 5.79. The monoisotopic (exact) mass is 195 g/mol. The number of H-pyrrole nitrogens is 1. The number of ether oxygens (including phenoxy) is 1. The molecule has 2 rings (SSSR count). The lowest BCUT2D eigenvalue weighted by Crippen LogP contribution is -2.41. The average molecular weight is 195 g/mol. The Morgan fingerprint density at radius 3 is 2.86 bits per heavy atom. The number of aromatic amines is 1. The van der Waals surface area contributed by atoms with Crippen molar-refractivity contribution >= 4 is 0 Å². The zero-order valence-electron chi connectivity index (χ0n) is 8.28. The van der Waals surface area contributed by atoms with Crippen LogP contribution in [-0.2, 0) is 4.74 Å². The van der Waals surface area contributed by atoms with Gasteiger partial charge in [0.05, 0.1) is 19.3 Å². The molecule has 4 heteroatoms. The van der Waals surface area contributed by atoms with Crippen molar-refractivity contribution in [2.45, 2.75) is 6.04 Å². The Morgan fingerprint density at radius 2 is 2.29 bits per heavy atom. The summed E-state index contributed by atoms with van der Waals surface area (Å²) in [6.07, 6.45) is 1.94. The van der Waals surface area contributed by atoms with Crippen LogP contribution in [-0.4, -0.2) is 42.7 Å². The van der Waals surface area contributed by atoms with Gasteiger partial charge in [0.2, 0.25) is 0 Å². The molecule has 0 bridgehead atoms. The summed E-state index contributed by atoms with van der Waals surface area (Å²) in [6, 6.07) is 4.42. The fraction of sp³-hybridized carbons (Fsp3) is 0.600. The predicted molar refractivity (Wildman–Crippen MR) is 55.0 cm³/mol. The van der Waals surface area contributed by atoms with E-state index < -0.39 is 0 Å². The first-order chi connectivity index (χ1) is 6.92. The Morgan fingerprint density at radius 1 is 1.50 bits per heavy atom. The number of nitrogens with zero attached hydrogens (tertiary/aromatic N) is 1. The van der Waals surface area contributed by atoms with E-state index in [-0.39, 0.29) is 0 Å². The average Bonchev–Trinajstić information content (AvgIpc) is 2.74. The van der Waals surface area contributed by atoms with E-state index in [2.05, 4.69) is 16.0 Å². The van der Waals surface area contributed by atoms with Crippen LogP contribution >= 0.6 is 0 Å². The molecule has 1 aliphatic rings. The zero-order valence-corrected chi connectivity index (χ0v) is 8.28. The van der Waals surface area contributed by atoms with Crippen LogP contribution in [0.1, 0.15) is 11.7 Å². The molecular weight excluding hydrogens is 178 g/mol. The molecular formula is C10H17N3O. The van der Waals surface area contributed by atoms with Gasteiger partial charge in [0.15, 0.2) is 0 Å². The molecule has 1 unspecified atom stereocenters. The summed E-state index contributed by atoms with van der Waals surface area (Å²) in [4.78, 5) is 5.59. The third-order valence-electron chi connectivity index (χ3n) is 2.69. The van der Waals surface area contributed by atoms with Gasteiger partial charge < -0.3 is 15.5 Å². The van der Waals surface area contributed by atoms with Crippen LogP contribution in [0.3, 0.4) is 0 Å². The van der Waals surface area contributed by atoms with Gasteiger partial charge in [-0.25, -0.2) is 0 Å². The van der Waals surface area contributed by atoms with Crippen LogP contribution in [0.5, 0.6) is 0 Å². The first kappa shape index (κ1) is 9.71. The summed E-state index contributed by atoms with van der Waals surface area (Å²) >= 11 is 0. The Labute approximate surface area is 84.0 Å². The van der Waals surface area contributed by atoms with E-state index in [4.69, 9.17) is 10.5 Å². The van der Waals surface area contributed by atoms with Crippen molar-refractivity contribution in [3.8, 4) is 0 Å². The van der Waals surface area contributed by atoms with Crippen molar-refractivity contribution in [2.75, 3.05) is 32.8 Å². The van der Waals surface area contributed by atoms with Gasteiger partial charge >= 0.3 is 0 Å². The summed E-state index contributed by atoms with van der Waals surface area (Å²) in [6.45, 7) is 4.23. The highest BCUT2D eigenvalue weighted by molar-refractivity contribution is 5.10. The molecule has 3 N–H and O–H groups in total. The molecule has 1 saturated heterocycles. The standard InChI is InChI=1S/C10H17N3O/c11-8-10(9-2-1-3-12-9)13-4-6-14-7-5-13/h1-3,10,12H,4-8,11H2. The molecule has 1 aliphatic heterocycles. The van der Waals surface area contributed by atoms with Crippen molar-refractivity contribution in [3.63, 3.8) is 0 Å². The molecule has 0 amide bonds. The van der Waals surface area contributed by atoms with E-state index in [1.807, 2.05) is 12.3 Å². The minimum absolute atomic E-state index is 0.314. The van der Waals surface area contributed by atoms with E-state index in [9.17, 15) is 0 Å². The summed E-state index contributed by atoms with van der Waals surface area (Å²) in [5.41, 5.74) is 7.00. The fourth-order valence-electron chi connectivity index (χ4n) is 1.91. The summed E-state index contributed by atoms with van der Waals surface area (Å²) in [5, 5.41) is 0. The van der Waals surface area contributed by atoms with Crippen molar-refractivity contribution in [2.24, 2.45) is 5.73 Å². The van der Waals surface area contributed by atoms with Gasteiger partial charge in [0.1, 0.15) is 0 Å². The Kier molecular flexibility index (Phi) is 3.18. The molecule has 0 saturated carbocycles. The lowest BCUT2D eigenvalue weighted by Gasteiger charge is -2.33. The van der Waals surface area contributed by atoms with Gasteiger partial charge in [-0.05, 0) is 12.1 Å².